The molecule has 1 aromatic rings. The van der Waals surface area contributed by atoms with Crippen LogP contribution in [0.5, 0.6) is 0 Å². The van der Waals surface area contributed by atoms with Crippen molar-refractivity contribution in [1.29, 1.82) is 0 Å². The van der Waals surface area contributed by atoms with E-state index in [0.717, 1.165) is 5.56 Å². The molecule has 90 valence electrons. The maximum absolute atomic E-state index is 13.7. The molecule has 0 spiro atoms. The molecule has 0 saturated heterocycles. The van der Waals surface area contributed by atoms with E-state index in [4.69, 9.17) is 0 Å². The Labute approximate surface area is 97.3 Å². The van der Waals surface area contributed by atoms with Crippen molar-refractivity contribution in [2.24, 2.45) is 0 Å². The van der Waals surface area contributed by atoms with Crippen LogP contribution in [0.25, 0.3) is 0 Å². The third kappa shape index (κ3) is 2.65. The summed E-state index contributed by atoms with van der Waals surface area (Å²) in [5.74, 6) is 0.176. The van der Waals surface area contributed by atoms with E-state index in [2.05, 4.69) is 0 Å². The van der Waals surface area contributed by atoms with Gasteiger partial charge in [-0.2, -0.15) is 8.78 Å². The molecule has 16 heavy (non-hydrogen) atoms. The van der Waals surface area contributed by atoms with Gasteiger partial charge in [0.25, 0.3) is 0 Å². The molecule has 1 N–H and O–H groups in total. The highest BCUT2D eigenvalue weighted by Crippen LogP contribution is 2.70. The molecule has 0 aromatic heterocycles. The van der Waals surface area contributed by atoms with Gasteiger partial charge in [-0.3, -0.25) is 4.57 Å². The molecule has 0 heterocycles. The Morgan fingerprint density at radius 2 is 1.88 bits per heavy atom. The highest BCUT2D eigenvalue weighted by molar-refractivity contribution is 8.56. The molecule has 0 amide bonds. The summed E-state index contributed by atoms with van der Waals surface area (Å²) in [6.07, 6.45) is 0. The fourth-order valence-electron chi connectivity index (χ4n) is 1.17. The van der Waals surface area contributed by atoms with Crippen LogP contribution in [-0.4, -0.2) is 10.6 Å². The molecule has 0 aliphatic rings. The van der Waals surface area contributed by atoms with Gasteiger partial charge in [-0.15, -0.1) is 0 Å². The second-order valence-electron chi connectivity index (χ2n) is 3.35. The molecule has 1 rings (SSSR count). The maximum atomic E-state index is 13.7. The topological polar surface area (TPSA) is 37.3 Å². The van der Waals surface area contributed by atoms with Crippen LogP contribution >= 0.6 is 18.0 Å². The Hall–Kier alpha value is -0.380. The largest absolute Gasteiger partial charge is 0.355 e. The first-order valence-electron chi connectivity index (χ1n) is 4.73. The molecule has 0 saturated carbocycles. The molecule has 0 radical (unpaired) electrons. The van der Waals surface area contributed by atoms with Crippen LogP contribution in [-0.2, 0) is 10.2 Å². The number of aryl methyl sites for hydroxylation is 1. The molecule has 1 atom stereocenters. The molecule has 0 bridgehead atoms. The van der Waals surface area contributed by atoms with Crippen LogP contribution in [0.4, 0.5) is 8.78 Å². The van der Waals surface area contributed by atoms with E-state index >= 15 is 0 Å². The van der Waals surface area contributed by atoms with E-state index in [0.29, 0.717) is 11.4 Å². The Bertz CT molecular complexity index is 406. The second kappa shape index (κ2) is 4.86. The van der Waals surface area contributed by atoms with Crippen LogP contribution in [0.1, 0.15) is 18.1 Å². The molecule has 0 aliphatic carbocycles. The summed E-state index contributed by atoms with van der Waals surface area (Å²) in [6.45, 7) is -1.22. The zero-order chi connectivity index (χ0) is 12.4. The summed E-state index contributed by atoms with van der Waals surface area (Å²) in [7, 11) is 0. The highest BCUT2D eigenvalue weighted by atomic mass is 32.7. The summed E-state index contributed by atoms with van der Waals surface area (Å²) in [5, 5.41) is 0. The fourth-order valence-corrected chi connectivity index (χ4v) is 4.01. The number of hydrogen-bond acceptors (Lipinski definition) is 2. The van der Waals surface area contributed by atoms with Crippen molar-refractivity contribution >= 4 is 18.0 Å². The summed E-state index contributed by atoms with van der Waals surface area (Å²) < 4.78 is 38.9. The van der Waals surface area contributed by atoms with E-state index in [9.17, 15) is 18.2 Å². The van der Waals surface area contributed by atoms with Crippen molar-refractivity contribution in [3.8, 4) is 0 Å². The van der Waals surface area contributed by atoms with Crippen LogP contribution in [0.15, 0.2) is 24.3 Å². The molecule has 2 nitrogen and oxygen atoms in total. The van der Waals surface area contributed by atoms with Gasteiger partial charge in [0.15, 0.2) is 0 Å². The van der Waals surface area contributed by atoms with Crippen LogP contribution in [0.2, 0.25) is 0 Å². The van der Waals surface area contributed by atoms with E-state index in [1.54, 1.807) is 13.8 Å². The lowest BCUT2D eigenvalue weighted by Crippen LogP contribution is -2.12. The average molecular weight is 266 g/mol. The van der Waals surface area contributed by atoms with E-state index in [1.165, 1.54) is 24.3 Å². The maximum Gasteiger partial charge on any atom is 0.355 e. The van der Waals surface area contributed by atoms with E-state index < -0.39 is 17.8 Å². The Balaban J connectivity index is 3.10. The van der Waals surface area contributed by atoms with Crippen molar-refractivity contribution in [2.45, 2.75) is 19.5 Å². The summed E-state index contributed by atoms with van der Waals surface area (Å²) >= 11 is 0.401. The van der Waals surface area contributed by atoms with E-state index in [-0.39, 0.29) is 5.75 Å². The van der Waals surface area contributed by atoms with Crippen molar-refractivity contribution < 1.29 is 18.2 Å². The summed E-state index contributed by atoms with van der Waals surface area (Å²) in [6, 6.07) is 5.38. The molecular weight excluding hydrogens is 253 g/mol. The molecular formula is C10H13F2O2PS. The first kappa shape index (κ1) is 13.7. The smallest absolute Gasteiger partial charge is 0.333 e. The van der Waals surface area contributed by atoms with Gasteiger partial charge in [0.1, 0.15) is 0 Å². The second-order valence-corrected chi connectivity index (χ2v) is 8.04. The zero-order valence-electron chi connectivity index (χ0n) is 8.98. The standard InChI is InChI=1S/C10H13F2O2PS/c1-3-16-15(13,14)10(11,12)9-6-4-8(2)5-7-9/h4-7H,3H2,1-2H3,(H,13,14). The molecule has 0 aliphatic heterocycles. The van der Waals surface area contributed by atoms with Crippen LogP contribution < -0.4 is 0 Å². The molecule has 1 aromatic carbocycles. The molecule has 0 fully saturated rings. The van der Waals surface area contributed by atoms with Crippen molar-refractivity contribution in [2.75, 3.05) is 5.75 Å². The van der Waals surface area contributed by atoms with Crippen molar-refractivity contribution in [3.05, 3.63) is 35.4 Å². The van der Waals surface area contributed by atoms with Gasteiger partial charge in [0.05, 0.1) is 0 Å². The number of halogens is 2. The van der Waals surface area contributed by atoms with Crippen molar-refractivity contribution in [1.82, 2.24) is 0 Å². The lowest BCUT2D eigenvalue weighted by molar-refractivity contribution is 0.0794. The van der Waals surface area contributed by atoms with Gasteiger partial charge in [0.2, 0.25) is 0 Å². The normalized spacial score (nSPS) is 15.8. The van der Waals surface area contributed by atoms with Crippen LogP contribution in [0.3, 0.4) is 0 Å². The van der Waals surface area contributed by atoms with Gasteiger partial charge in [-0.25, -0.2) is 0 Å². The minimum Gasteiger partial charge on any atom is -0.333 e. The first-order valence-corrected chi connectivity index (χ1v) is 7.98. The zero-order valence-corrected chi connectivity index (χ0v) is 10.7. The van der Waals surface area contributed by atoms with Gasteiger partial charge in [-0.1, -0.05) is 48.1 Å². The minimum absolute atomic E-state index is 0.176. The Kier molecular flexibility index (Phi) is 4.16. The molecule has 1 unspecified atom stereocenters. The van der Waals surface area contributed by atoms with Gasteiger partial charge >= 0.3 is 12.2 Å². The predicted molar refractivity (Wildman–Crippen MR) is 63.0 cm³/mol. The average Bonchev–Trinajstić information content (AvgIpc) is 2.18. The van der Waals surface area contributed by atoms with Crippen LogP contribution in [0, 0.1) is 6.92 Å². The van der Waals surface area contributed by atoms with Gasteiger partial charge in [-0.05, 0) is 12.7 Å². The SMILES string of the molecule is CCSP(=O)(O)C(F)(F)c1ccc(C)cc1. The third-order valence-electron chi connectivity index (χ3n) is 2.06. The van der Waals surface area contributed by atoms with Gasteiger partial charge < -0.3 is 4.89 Å². The summed E-state index contributed by atoms with van der Waals surface area (Å²) in [4.78, 5) is 9.33. The number of hydrogen-bond donors (Lipinski definition) is 1. The number of alkyl halides is 2. The predicted octanol–water partition coefficient (Wildman–Crippen LogP) is 3.98. The van der Waals surface area contributed by atoms with Crippen molar-refractivity contribution in [3.63, 3.8) is 0 Å². The lowest BCUT2D eigenvalue weighted by Gasteiger charge is -2.21. The lowest BCUT2D eigenvalue weighted by atomic mass is 10.2. The monoisotopic (exact) mass is 266 g/mol. The quantitative estimate of drug-likeness (QED) is 0.837. The third-order valence-corrected chi connectivity index (χ3v) is 6.15. The number of rotatable bonds is 4. The van der Waals surface area contributed by atoms with E-state index in [1.807, 2.05) is 0 Å². The molecule has 6 heteroatoms. The minimum atomic E-state index is -4.55. The Morgan fingerprint density at radius 1 is 1.38 bits per heavy atom. The summed E-state index contributed by atoms with van der Waals surface area (Å²) in [5.41, 5.74) is -3.28. The highest BCUT2D eigenvalue weighted by Gasteiger charge is 2.50. The Morgan fingerprint density at radius 3 is 2.31 bits per heavy atom. The number of benzene rings is 1. The first-order chi connectivity index (χ1) is 7.31. The fraction of sp³-hybridized carbons (Fsp3) is 0.400. The van der Waals surface area contributed by atoms with Gasteiger partial charge in [0, 0.05) is 5.56 Å².